The first kappa shape index (κ1) is 15.2. The van der Waals surface area contributed by atoms with Gasteiger partial charge in [0.2, 0.25) is 0 Å². The zero-order valence-corrected chi connectivity index (χ0v) is 13.6. The van der Waals surface area contributed by atoms with Crippen molar-refractivity contribution in [3.05, 3.63) is 78.4 Å². The molecule has 3 heterocycles. The number of aromatic nitrogens is 3. The second kappa shape index (κ2) is 6.63. The minimum atomic E-state index is -0.447. The molecule has 0 amide bonds. The van der Waals surface area contributed by atoms with Gasteiger partial charge in [-0.25, -0.2) is 0 Å². The fourth-order valence-electron chi connectivity index (χ4n) is 3.60. The van der Waals surface area contributed by atoms with Crippen LogP contribution in [0.2, 0.25) is 0 Å². The Morgan fingerprint density at radius 2 is 1.88 bits per heavy atom. The van der Waals surface area contributed by atoms with Crippen LogP contribution in [0.3, 0.4) is 0 Å². The molecule has 0 unspecified atom stereocenters. The standard InChI is InChI=1S/C19H22N4O/c24-17(15-23-11-5-9-20-23)14-22-13-12-21-10-4-8-18(21)19(22)16-6-2-1-3-7-16/h1-11,17,19,24H,12-15H2/t17-,19+/m0/s1. The van der Waals surface area contributed by atoms with Gasteiger partial charge in [-0.3, -0.25) is 9.58 Å². The summed E-state index contributed by atoms with van der Waals surface area (Å²) in [4.78, 5) is 2.37. The van der Waals surface area contributed by atoms with E-state index in [9.17, 15) is 5.11 Å². The molecule has 2 aromatic heterocycles. The van der Waals surface area contributed by atoms with Gasteiger partial charge in [-0.1, -0.05) is 30.3 Å². The lowest BCUT2D eigenvalue weighted by Gasteiger charge is -2.38. The normalized spacial score (nSPS) is 19.1. The lowest BCUT2D eigenvalue weighted by atomic mass is 9.99. The number of β-amino-alcohol motifs (C(OH)–C–C–N with tert-alkyl or cyclic N) is 1. The summed E-state index contributed by atoms with van der Waals surface area (Å²) in [5.74, 6) is 0. The first-order chi connectivity index (χ1) is 11.8. The van der Waals surface area contributed by atoms with Crippen LogP contribution in [0.25, 0.3) is 0 Å². The van der Waals surface area contributed by atoms with Crippen LogP contribution in [-0.4, -0.2) is 43.5 Å². The molecule has 24 heavy (non-hydrogen) atoms. The minimum Gasteiger partial charge on any atom is -0.390 e. The second-order valence-electron chi connectivity index (χ2n) is 6.32. The number of rotatable bonds is 5. The lowest BCUT2D eigenvalue weighted by Crippen LogP contribution is -2.43. The summed E-state index contributed by atoms with van der Waals surface area (Å²) in [5.41, 5.74) is 2.56. The van der Waals surface area contributed by atoms with Gasteiger partial charge in [0.25, 0.3) is 0 Å². The molecule has 4 rings (SSSR count). The summed E-state index contributed by atoms with van der Waals surface area (Å²) < 4.78 is 4.10. The first-order valence-electron chi connectivity index (χ1n) is 8.41. The van der Waals surface area contributed by atoms with E-state index in [0.29, 0.717) is 13.1 Å². The maximum Gasteiger partial charge on any atom is 0.0863 e. The van der Waals surface area contributed by atoms with Crippen LogP contribution >= 0.6 is 0 Å². The van der Waals surface area contributed by atoms with E-state index in [1.165, 1.54) is 11.3 Å². The fourth-order valence-corrected chi connectivity index (χ4v) is 3.60. The summed E-state index contributed by atoms with van der Waals surface area (Å²) in [6, 6.07) is 16.9. The van der Waals surface area contributed by atoms with Gasteiger partial charge in [0.05, 0.1) is 18.7 Å². The molecular weight excluding hydrogens is 300 g/mol. The fraction of sp³-hybridized carbons (Fsp3) is 0.316. The molecular formula is C19H22N4O. The summed E-state index contributed by atoms with van der Waals surface area (Å²) in [7, 11) is 0. The Morgan fingerprint density at radius 3 is 2.67 bits per heavy atom. The number of aliphatic hydroxyl groups is 1. The highest BCUT2D eigenvalue weighted by molar-refractivity contribution is 5.30. The van der Waals surface area contributed by atoms with E-state index in [2.05, 4.69) is 57.2 Å². The highest BCUT2D eigenvalue weighted by Crippen LogP contribution is 2.32. The quantitative estimate of drug-likeness (QED) is 0.783. The van der Waals surface area contributed by atoms with Gasteiger partial charge in [-0.15, -0.1) is 0 Å². The second-order valence-corrected chi connectivity index (χ2v) is 6.32. The zero-order chi connectivity index (χ0) is 16.4. The predicted octanol–water partition coefficient (Wildman–Crippen LogP) is 2.15. The molecule has 1 aliphatic heterocycles. The number of benzene rings is 1. The molecule has 0 radical (unpaired) electrons. The maximum absolute atomic E-state index is 10.5. The molecule has 0 spiro atoms. The monoisotopic (exact) mass is 322 g/mol. The first-order valence-corrected chi connectivity index (χ1v) is 8.41. The van der Waals surface area contributed by atoms with Crippen LogP contribution in [0, 0.1) is 0 Å². The summed E-state index contributed by atoms with van der Waals surface area (Å²) in [5, 5.41) is 14.7. The van der Waals surface area contributed by atoms with E-state index in [1.54, 1.807) is 10.9 Å². The average Bonchev–Trinajstić information content (AvgIpc) is 3.26. The molecule has 124 valence electrons. The smallest absolute Gasteiger partial charge is 0.0863 e. The van der Waals surface area contributed by atoms with E-state index < -0.39 is 6.10 Å². The van der Waals surface area contributed by atoms with Gasteiger partial charge in [0, 0.05) is 43.9 Å². The summed E-state index contributed by atoms with van der Waals surface area (Å²) in [6.07, 6.45) is 5.33. The Bertz CT molecular complexity index is 766. The molecule has 1 aliphatic rings. The van der Waals surface area contributed by atoms with Crippen LogP contribution in [0.5, 0.6) is 0 Å². The third kappa shape index (κ3) is 3.00. The number of hydrogen-bond donors (Lipinski definition) is 1. The van der Waals surface area contributed by atoms with E-state index in [0.717, 1.165) is 13.1 Å². The van der Waals surface area contributed by atoms with Gasteiger partial charge in [-0.05, 0) is 23.8 Å². The molecule has 1 aromatic carbocycles. The van der Waals surface area contributed by atoms with Gasteiger partial charge >= 0.3 is 0 Å². The van der Waals surface area contributed by atoms with Crippen LogP contribution in [0.4, 0.5) is 0 Å². The van der Waals surface area contributed by atoms with Crippen molar-refractivity contribution in [2.24, 2.45) is 0 Å². The van der Waals surface area contributed by atoms with Crippen molar-refractivity contribution < 1.29 is 5.11 Å². The van der Waals surface area contributed by atoms with Crippen molar-refractivity contribution in [1.82, 2.24) is 19.2 Å². The zero-order valence-electron chi connectivity index (χ0n) is 13.6. The molecule has 0 aliphatic carbocycles. The van der Waals surface area contributed by atoms with Crippen molar-refractivity contribution in [3.63, 3.8) is 0 Å². The van der Waals surface area contributed by atoms with E-state index in [4.69, 9.17) is 0 Å². The number of fused-ring (bicyclic) bond motifs is 1. The predicted molar refractivity (Wildman–Crippen MR) is 92.5 cm³/mol. The number of nitrogens with zero attached hydrogens (tertiary/aromatic N) is 4. The number of hydrogen-bond acceptors (Lipinski definition) is 3. The van der Waals surface area contributed by atoms with Gasteiger partial charge < -0.3 is 9.67 Å². The third-order valence-corrected chi connectivity index (χ3v) is 4.66. The van der Waals surface area contributed by atoms with E-state index in [1.807, 2.05) is 18.3 Å². The third-order valence-electron chi connectivity index (χ3n) is 4.66. The van der Waals surface area contributed by atoms with Gasteiger partial charge in [0.1, 0.15) is 0 Å². The molecule has 0 saturated heterocycles. The SMILES string of the molecule is O[C@@H](CN1CCn2cccc2[C@H]1c1ccccc1)Cn1cccn1. The van der Waals surface area contributed by atoms with Crippen molar-refractivity contribution in [1.29, 1.82) is 0 Å². The molecule has 3 aromatic rings. The summed E-state index contributed by atoms with van der Waals surface area (Å²) in [6.45, 7) is 3.04. The van der Waals surface area contributed by atoms with Crippen LogP contribution in [0.15, 0.2) is 67.1 Å². The van der Waals surface area contributed by atoms with E-state index >= 15 is 0 Å². The Morgan fingerprint density at radius 1 is 1.00 bits per heavy atom. The average molecular weight is 322 g/mol. The maximum atomic E-state index is 10.5. The topological polar surface area (TPSA) is 46.2 Å². The Hall–Kier alpha value is -2.37. The Labute approximate surface area is 141 Å². The Kier molecular flexibility index (Phi) is 4.19. The van der Waals surface area contributed by atoms with Crippen molar-refractivity contribution in [2.45, 2.75) is 25.2 Å². The van der Waals surface area contributed by atoms with Gasteiger partial charge in [0.15, 0.2) is 0 Å². The minimum absolute atomic E-state index is 0.183. The summed E-state index contributed by atoms with van der Waals surface area (Å²) >= 11 is 0. The largest absolute Gasteiger partial charge is 0.390 e. The van der Waals surface area contributed by atoms with Crippen molar-refractivity contribution in [2.75, 3.05) is 13.1 Å². The molecule has 5 heteroatoms. The highest BCUT2D eigenvalue weighted by Gasteiger charge is 2.29. The van der Waals surface area contributed by atoms with Crippen LogP contribution < -0.4 is 0 Å². The van der Waals surface area contributed by atoms with Crippen molar-refractivity contribution in [3.8, 4) is 0 Å². The molecule has 1 N–H and O–H groups in total. The van der Waals surface area contributed by atoms with Crippen LogP contribution in [0.1, 0.15) is 17.3 Å². The number of aliphatic hydroxyl groups excluding tert-OH is 1. The molecule has 2 atom stereocenters. The van der Waals surface area contributed by atoms with Crippen LogP contribution in [-0.2, 0) is 13.1 Å². The molecule has 5 nitrogen and oxygen atoms in total. The Balaban J connectivity index is 1.57. The highest BCUT2D eigenvalue weighted by atomic mass is 16.3. The van der Waals surface area contributed by atoms with Crippen molar-refractivity contribution >= 4 is 0 Å². The molecule has 0 saturated carbocycles. The molecule has 0 fully saturated rings. The van der Waals surface area contributed by atoms with E-state index in [-0.39, 0.29) is 6.04 Å². The van der Waals surface area contributed by atoms with Gasteiger partial charge in [-0.2, -0.15) is 5.10 Å². The lowest BCUT2D eigenvalue weighted by molar-refractivity contribution is 0.0693. The molecule has 0 bridgehead atoms.